The van der Waals surface area contributed by atoms with E-state index >= 15 is 0 Å². The molecule has 2 aromatic heterocycles. The van der Waals surface area contributed by atoms with E-state index in [0.717, 1.165) is 17.1 Å². The van der Waals surface area contributed by atoms with Crippen molar-refractivity contribution in [2.24, 2.45) is 0 Å². The molecule has 0 aliphatic heterocycles. The van der Waals surface area contributed by atoms with Crippen molar-refractivity contribution < 1.29 is 14.0 Å². The highest BCUT2D eigenvalue weighted by atomic mass is 79.9. The van der Waals surface area contributed by atoms with Crippen molar-refractivity contribution in [3.8, 4) is 0 Å². The maximum Gasteiger partial charge on any atom is 0.280 e. The lowest BCUT2D eigenvalue weighted by atomic mass is 10.1. The third-order valence-corrected chi connectivity index (χ3v) is 5.93. The van der Waals surface area contributed by atoms with Gasteiger partial charge in [0.05, 0.1) is 5.69 Å². The van der Waals surface area contributed by atoms with Crippen molar-refractivity contribution in [1.82, 2.24) is 14.9 Å². The molecule has 1 N–H and O–H groups in total. The van der Waals surface area contributed by atoms with Crippen molar-refractivity contribution >= 4 is 45.0 Å². The number of halogens is 1. The first-order chi connectivity index (χ1) is 15.5. The quantitative estimate of drug-likeness (QED) is 0.381. The van der Waals surface area contributed by atoms with Crippen molar-refractivity contribution in [2.75, 3.05) is 4.90 Å². The minimum atomic E-state index is -1.06. The fourth-order valence-electron chi connectivity index (χ4n) is 3.25. The first-order valence-corrected chi connectivity index (χ1v) is 11.4. The summed E-state index contributed by atoms with van der Waals surface area (Å²) in [6.45, 7) is 2.10. The van der Waals surface area contributed by atoms with Crippen LogP contribution in [-0.4, -0.2) is 21.4 Å². The number of hydrogen-bond donors (Lipinski definition) is 1. The Morgan fingerprint density at radius 1 is 1.09 bits per heavy atom. The molecule has 162 valence electrons. The number of nitrogens with one attached hydrogen (secondary N) is 1. The number of carbonyl (C=O) groups is 2. The Balaban J connectivity index is 1.77. The molecule has 9 heteroatoms. The van der Waals surface area contributed by atoms with Gasteiger partial charge in [0.1, 0.15) is 11.5 Å². The molecule has 32 heavy (non-hydrogen) atoms. The molecule has 0 aliphatic carbocycles. The second-order valence-corrected chi connectivity index (χ2v) is 8.44. The van der Waals surface area contributed by atoms with Crippen molar-refractivity contribution in [3.05, 3.63) is 99.4 Å². The molecule has 2 aromatic carbocycles. The molecule has 0 unspecified atom stereocenters. The maximum absolute atomic E-state index is 13.5. The Hall–Kier alpha value is -3.30. The average molecular weight is 511 g/mol. The third-order valence-electron chi connectivity index (χ3n) is 4.76. The number of furan rings is 1. The first kappa shape index (κ1) is 21.9. The molecular weight excluding hydrogens is 492 g/mol. The number of nitrogens with zero attached hydrogens (tertiary/aromatic N) is 3. The van der Waals surface area contributed by atoms with Gasteiger partial charge in [-0.15, -0.1) is 5.10 Å². The summed E-state index contributed by atoms with van der Waals surface area (Å²) in [6.07, 6.45) is 0. The van der Waals surface area contributed by atoms with Gasteiger partial charge in [-0.05, 0) is 64.2 Å². The highest BCUT2D eigenvalue weighted by molar-refractivity contribution is 9.10. The van der Waals surface area contributed by atoms with E-state index in [1.54, 1.807) is 42.6 Å². The second-order valence-electron chi connectivity index (χ2n) is 6.97. The number of benzene rings is 2. The van der Waals surface area contributed by atoms with E-state index < -0.39 is 11.9 Å². The lowest BCUT2D eigenvalue weighted by Gasteiger charge is -2.30. The molecule has 0 radical (unpaired) electrons. The van der Waals surface area contributed by atoms with Crippen LogP contribution in [0.15, 0.2) is 81.0 Å². The summed E-state index contributed by atoms with van der Waals surface area (Å²) in [7, 11) is 0. The van der Waals surface area contributed by atoms with Crippen molar-refractivity contribution in [1.29, 1.82) is 0 Å². The van der Waals surface area contributed by atoms with E-state index in [4.69, 9.17) is 4.42 Å². The summed E-state index contributed by atoms with van der Waals surface area (Å²) in [4.78, 5) is 28.4. The fraction of sp³-hybridized carbons (Fsp3) is 0.130. The predicted molar refractivity (Wildman–Crippen MR) is 125 cm³/mol. The first-order valence-electron chi connectivity index (χ1n) is 9.77. The number of carbonyl (C=O) groups excluding carboxylic acids is 2. The second kappa shape index (κ2) is 9.88. The Labute approximate surface area is 197 Å². The Morgan fingerprint density at radius 2 is 1.84 bits per heavy atom. The molecule has 0 spiro atoms. The Bertz CT molecular complexity index is 1210. The molecule has 4 rings (SSSR count). The van der Waals surface area contributed by atoms with Crippen LogP contribution >= 0.6 is 27.5 Å². The van der Waals surface area contributed by atoms with E-state index in [1.165, 1.54) is 4.90 Å². The van der Waals surface area contributed by atoms with E-state index in [2.05, 4.69) is 30.8 Å². The molecule has 2 heterocycles. The number of para-hydroxylation sites is 1. The zero-order chi connectivity index (χ0) is 22.5. The fourth-order valence-corrected chi connectivity index (χ4v) is 4.16. The molecule has 4 aromatic rings. The topological polar surface area (TPSA) is 88.3 Å². The molecule has 0 saturated heterocycles. The number of anilines is 1. The summed E-state index contributed by atoms with van der Waals surface area (Å²) >= 11 is 4.58. The van der Waals surface area contributed by atoms with E-state index in [-0.39, 0.29) is 11.6 Å². The van der Waals surface area contributed by atoms with Gasteiger partial charge >= 0.3 is 0 Å². The van der Waals surface area contributed by atoms with Gasteiger partial charge in [0.2, 0.25) is 0 Å². The lowest BCUT2D eigenvalue weighted by Crippen LogP contribution is -2.44. The zero-order valence-corrected chi connectivity index (χ0v) is 19.5. The molecule has 0 fully saturated rings. The molecular formula is C23H19BrN4O3S. The Kier molecular flexibility index (Phi) is 6.77. The average Bonchev–Trinajstić information content (AvgIpc) is 3.49. The van der Waals surface area contributed by atoms with Gasteiger partial charge in [-0.25, -0.2) is 0 Å². The molecule has 2 amide bonds. The summed E-state index contributed by atoms with van der Waals surface area (Å²) in [5.41, 5.74) is 1.60. The third kappa shape index (κ3) is 4.79. The molecule has 0 bridgehead atoms. The highest BCUT2D eigenvalue weighted by Gasteiger charge is 2.37. The van der Waals surface area contributed by atoms with Crippen LogP contribution in [0.5, 0.6) is 0 Å². The smallest absolute Gasteiger partial charge is 0.280 e. The number of rotatable bonds is 7. The number of aryl methyl sites for hydroxylation is 1. The lowest BCUT2D eigenvalue weighted by molar-refractivity contribution is -0.123. The maximum atomic E-state index is 13.5. The van der Waals surface area contributed by atoms with Crippen LogP contribution in [0, 0.1) is 6.92 Å². The largest absolute Gasteiger partial charge is 0.464 e. The van der Waals surface area contributed by atoms with Crippen LogP contribution < -0.4 is 10.2 Å². The predicted octanol–water partition coefficient (Wildman–Crippen LogP) is 4.91. The van der Waals surface area contributed by atoms with Crippen LogP contribution in [0.4, 0.5) is 5.69 Å². The summed E-state index contributed by atoms with van der Waals surface area (Å²) in [6, 6.07) is 19.2. The molecule has 1 atom stereocenters. The van der Waals surface area contributed by atoms with Gasteiger partial charge < -0.3 is 9.73 Å². The minimum Gasteiger partial charge on any atom is -0.464 e. The van der Waals surface area contributed by atoms with Gasteiger partial charge in [0, 0.05) is 16.4 Å². The SMILES string of the molecule is Cc1ccc([C@@H](C(=O)NCc2ccccc2)N(C(=O)c2csnn2)c2ccccc2Br)o1. The van der Waals surface area contributed by atoms with Crippen LogP contribution in [0.25, 0.3) is 0 Å². The number of aromatic nitrogens is 2. The van der Waals surface area contributed by atoms with Gasteiger partial charge in [-0.1, -0.05) is 47.0 Å². The molecule has 7 nitrogen and oxygen atoms in total. The Morgan fingerprint density at radius 3 is 2.50 bits per heavy atom. The molecule has 0 saturated carbocycles. The van der Waals surface area contributed by atoms with Crippen molar-refractivity contribution in [3.63, 3.8) is 0 Å². The van der Waals surface area contributed by atoms with Gasteiger partial charge in [-0.3, -0.25) is 14.5 Å². The van der Waals surface area contributed by atoms with E-state index in [0.29, 0.717) is 28.2 Å². The van der Waals surface area contributed by atoms with Gasteiger partial charge in [0.15, 0.2) is 11.7 Å². The number of hydrogen-bond acceptors (Lipinski definition) is 6. The van der Waals surface area contributed by atoms with Crippen molar-refractivity contribution in [2.45, 2.75) is 19.5 Å². The van der Waals surface area contributed by atoms with Crippen LogP contribution in [0.2, 0.25) is 0 Å². The van der Waals surface area contributed by atoms with E-state index in [1.807, 2.05) is 36.4 Å². The van der Waals surface area contributed by atoms with Crippen LogP contribution in [0.1, 0.15) is 33.6 Å². The van der Waals surface area contributed by atoms with Crippen LogP contribution in [-0.2, 0) is 11.3 Å². The zero-order valence-electron chi connectivity index (χ0n) is 17.1. The standard InChI is InChI=1S/C23H19BrN4O3S/c1-15-11-12-20(31-15)21(22(29)25-13-16-7-3-2-4-8-16)28(19-10-6-5-9-17(19)24)23(30)18-14-32-27-26-18/h2-12,14,21H,13H2,1H3,(H,25,29)/t21-/m0/s1. The van der Waals surface area contributed by atoms with Crippen LogP contribution in [0.3, 0.4) is 0 Å². The van der Waals surface area contributed by atoms with E-state index in [9.17, 15) is 9.59 Å². The minimum absolute atomic E-state index is 0.148. The highest BCUT2D eigenvalue weighted by Crippen LogP contribution is 2.35. The summed E-state index contributed by atoms with van der Waals surface area (Å²) < 4.78 is 10.3. The number of amides is 2. The monoisotopic (exact) mass is 510 g/mol. The normalized spacial score (nSPS) is 11.7. The summed E-state index contributed by atoms with van der Waals surface area (Å²) in [5.74, 6) is 0.145. The summed E-state index contributed by atoms with van der Waals surface area (Å²) in [5, 5.41) is 8.42. The van der Waals surface area contributed by atoms with Gasteiger partial charge in [-0.2, -0.15) is 0 Å². The van der Waals surface area contributed by atoms with Gasteiger partial charge in [0.25, 0.3) is 11.8 Å². The molecule has 0 aliphatic rings.